The highest BCUT2D eigenvalue weighted by atomic mass is 35.5. The lowest BCUT2D eigenvalue weighted by Gasteiger charge is -2.10. The molecule has 32 heavy (non-hydrogen) atoms. The molecule has 0 saturated heterocycles. The zero-order valence-corrected chi connectivity index (χ0v) is 18.0. The van der Waals surface area contributed by atoms with Crippen molar-refractivity contribution in [2.24, 2.45) is 0 Å². The van der Waals surface area contributed by atoms with Gasteiger partial charge in [0.15, 0.2) is 11.6 Å². The second-order valence-corrected chi connectivity index (χ2v) is 9.39. The molecule has 0 amide bonds. The molecule has 1 aromatic heterocycles. The third kappa shape index (κ3) is 3.99. The Bertz CT molecular complexity index is 1460. The summed E-state index contributed by atoms with van der Waals surface area (Å²) in [5.74, 6) is -3.12. The molecule has 0 aliphatic carbocycles. The topological polar surface area (TPSA) is 76.4 Å². The van der Waals surface area contributed by atoms with Gasteiger partial charge in [-0.2, -0.15) is 0 Å². The first-order valence-corrected chi connectivity index (χ1v) is 11.3. The van der Waals surface area contributed by atoms with E-state index in [4.69, 9.17) is 16.7 Å². The largest absolute Gasteiger partial charge is 0.481 e. The number of aromatic nitrogens is 1. The highest BCUT2D eigenvalue weighted by Gasteiger charge is 2.23. The molecule has 0 fully saturated rings. The molecule has 1 N–H and O–H groups in total. The van der Waals surface area contributed by atoms with Crippen molar-refractivity contribution in [1.29, 1.82) is 0 Å². The lowest BCUT2D eigenvalue weighted by atomic mass is 10.1. The summed E-state index contributed by atoms with van der Waals surface area (Å²) >= 11 is 6.07. The van der Waals surface area contributed by atoms with E-state index in [-0.39, 0.29) is 28.9 Å². The number of halogens is 3. The normalized spacial score (nSPS) is 11.7. The van der Waals surface area contributed by atoms with Crippen LogP contribution < -0.4 is 0 Å². The Hall–Kier alpha value is -3.23. The van der Waals surface area contributed by atoms with Crippen LogP contribution in [0.25, 0.3) is 22.0 Å². The van der Waals surface area contributed by atoms with Gasteiger partial charge in [-0.1, -0.05) is 35.9 Å². The Labute approximate surface area is 187 Å². The number of aliphatic carboxylic acids is 1. The van der Waals surface area contributed by atoms with Gasteiger partial charge in [0.25, 0.3) is 10.0 Å². The number of carbonyl (C=O) groups is 1. The van der Waals surface area contributed by atoms with Crippen LogP contribution in [0, 0.1) is 11.6 Å². The predicted octanol–water partition coefficient (Wildman–Crippen LogP) is 5.49. The summed E-state index contributed by atoms with van der Waals surface area (Å²) in [6.07, 6.45) is 1.30. The monoisotopic (exact) mass is 475 g/mol. The fourth-order valence-electron chi connectivity index (χ4n) is 3.54. The van der Waals surface area contributed by atoms with Crippen LogP contribution in [-0.4, -0.2) is 23.5 Å². The van der Waals surface area contributed by atoms with Gasteiger partial charge in [-0.25, -0.2) is 21.2 Å². The molecule has 0 aliphatic heterocycles. The average Bonchev–Trinajstić information content (AvgIpc) is 3.13. The van der Waals surface area contributed by atoms with Gasteiger partial charge in [0.2, 0.25) is 0 Å². The van der Waals surface area contributed by atoms with Crippen molar-refractivity contribution in [2.45, 2.75) is 17.7 Å². The molecule has 0 saturated carbocycles. The van der Waals surface area contributed by atoms with Gasteiger partial charge in [0, 0.05) is 28.6 Å². The van der Waals surface area contributed by atoms with Gasteiger partial charge in [0.1, 0.15) is 0 Å². The average molecular weight is 476 g/mol. The second-order valence-electron chi connectivity index (χ2n) is 7.14. The van der Waals surface area contributed by atoms with Crippen molar-refractivity contribution in [1.82, 2.24) is 3.97 Å². The van der Waals surface area contributed by atoms with Crippen LogP contribution in [0.4, 0.5) is 8.78 Å². The van der Waals surface area contributed by atoms with Crippen LogP contribution >= 0.6 is 11.6 Å². The number of hydrogen-bond donors (Lipinski definition) is 1. The van der Waals surface area contributed by atoms with E-state index in [0.29, 0.717) is 21.5 Å². The number of rotatable bonds is 6. The zero-order valence-electron chi connectivity index (χ0n) is 16.4. The number of benzene rings is 3. The van der Waals surface area contributed by atoms with Crippen molar-refractivity contribution in [3.63, 3.8) is 0 Å². The quantitative estimate of drug-likeness (QED) is 0.400. The Kier molecular flexibility index (Phi) is 5.75. The van der Waals surface area contributed by atoms with Gasteiger partial charge in [-0.05, 0) is 53.9 Å². The van der Waals surface area contributed by atoms with E-state index < -0.39 is 27.6 Å². The third-order valence-electron chi connectivity index (χ3n) is 5.08. The smallest absolute Gasteiger partial charge is 0.303 e. The third-order valence-corrected chi connectivity index (χ3v) is 6.98. The minimum absolute atomic E-state index is 0.0617. The Morgan fingerprint density at radius 3 is 2.53 bits per heavy atom. The molecule has 3 aromatic carbocycles. The van der Waals surface area contributed by atoms with Crippen LogP contribution in [0.3, 0.4) is 0 Å². The van der Waals surface area contributed by atoms with E-state index in [1.54, 1.807) is 6.07 Å². The molecule has 164 valence electrons. The number of carboxylic acid groups (broad SMARTS) is 1. The van der Waals surface area contributed by atoms with E-state index >= 15 is 0 Å². The predicted molar refractivity (Wildman–Crippen MR) is 117 cm³/mol. The molecule has 9 heteroatoms. The number of nitrogens with zero attached hydrogens (tertiary/aromatic N) is 1. The maximum Gasteiger partial charge on any atom is 0.303 e. The van der Waals surface area contributed by atoms with E-state index in [9.17, 15) is 22.0 Å². The first-order valence-electron chi connectivity index (χ1n) is 9.50. The first-order chi connectivity index (χ1) is 15.2. The van der Waals surface area contributed by atoms with Crippen molar-refractivity contribution in [3.05, 3.63) is 89.1 Å². The number of hydrogen-bond acceptors (Lipinski definition) is 3. The van der Waals surface area contributed by atoms with Crippen molar-refractivity contribution in [2.75, 3.05) is 0 Å². The SMILES string of the molecule is O=C(O)CCc1cn(S(=O)(=O)c2cccc(-c3cccc(F)c3F)c2)c2ccc(Cl)cc12. The highest BCUT2D eigenvalue weighted by Crippen LogP contribution is 2.31. The summed E-state index contributed by atoms with van der Waals surface area (Å²) in [7, 11) is -4.14. The molecule has 4 aromatic rings. The standard InChI is InChI=1S/C23H16ClF2NO4S/c24-16-8-9-21-19(12-16)15(7-10-22(28)29)13-27(21)32(30,31)17-4-1-3-14(11-17)18-5-2-6-20(25)23(18)26/h1-6,8-9,11-13H,7,10H2,(H,28,29). The molecule has 1 heterocycles. The van der Waals surface area contributed by atoms with Crippen LogP contribution in [0.15, 0.2) is 71.8 Å². The summed E-state index contributed by atoms with van der Waals surface area (Å²) in [5, 5.41) is 9.92. The Morgan fingerprint density at radius 1 is 1.03 bits per heavy atom. The summed E-state index contributed by atoms with van der Waals surface area (Å²) < 4.78 is 55.9. The van der Waals surface area contributed by atoms with Crippen molar-refractivity contribution < 1.29 is 27.1 Å². The second kappa shape index (κ2) is 8.37. The summed E-state index contributed by atoms with van der Waals surface area (Å²) in [5.41, 5.74) is 0.986. The molecule has 4 rings (SSSR count). The Balaban J connectivity index is 1.86. The number of fused-ring (bicyclic) bond motifs is 1. The zero-order chi connectivity index (χ0) is 23.0. The summed E-state index contributed by atoms with van der Waals surface area (Å²) in [6, 6.07) is 13.9. The van der Waals surface area contributed by atoms with Crippen molar-refractivity contribution >= 4 is 38.5 Å². The van der Waals surface area contributed by atoms with Gasteiger partial charge in [-0.15, -0.1) is 0 Å². The van der Waals surface area contributed by atoms with Gasteiger partial charge >= 0.3 is 5.97 Å². The minimum Gasteiger partial charge on any atom is -0.481 e. The Morgan fingerprint density at radius 2 is 1.78 bits per heavy atom. The summed E-state index contributed by atoms with van der Waals surface area (Å²) in [4.78, 5) is 10.9. The van der Waals surface area contributed by atoms with Crippen LogP contribution in [0.2, 0.25) is 5.02 Å². The first kappa shape index (κ1) is 22.0. The fourth-order valence-corrected chi connectivity index (χ4v) is 5.15. The fraction of sp³-hybridized carbons (Fsp3) is 0.0870. The summed E-state index contributed by atoms with van der Waals surface area (Å²) in [6.45, 7) is 0. The molecule has 5 nitrogen and oxygen atoms in total. The van der Waals surface area contributed by atoms with Crippen LogP contribution in [0.1, 0.15) is 12.0 Å². The van der Waals surface area contributed by atoms with E-state index in [1.165, 1.54) is 54.7 Å². The van der Waals surface area contributed by atoms with Crippen LogP contribution in [-0.2, 0) is 21.2 Å². The lowest BCUT2D eigenvalue weighted by molar-refractivity contribution is -0.136. The lowest BCUT2D eigenvalue weighted by Crippen LogP contribution is -2.12. The van der Waals surface area contributed by atoms with E-state index in [2.05, 4.69) is 0 Å². The molecule has 0 radical (unpaired) electrons. The molecule has 0 unspecified atom stereocenters. The van der Waals surface area contributed by atoms with Crippen molar-refractivity contribution in [3.8, 4) is 11.1 Å². The minimum atomic E-state index is -4.14. The van der Waals surface area contributed by atoms with Gasteiger partial charge in [-0.3, -0.25) is 4.79 Å². The maximum absolute atomic E-state index is 14.2. The molecule has 0 bridgehead atoms. The highest BCUT2D eigenvalue weighted by molar-refractivity contribution is 7.90. The molecular weight excluding hydrogens is 460 g/mol. The number of aryl methyl sites for hydroxylation is 1. The van der Waals surface area contributed by atoms with E-state index in [0.717, 1.165) is 10.0 Å². The molecule has 0 atom stereocenters. The van der Waals surface area contributed by atoms with Gasteiger partial charge in [0.05, 0.1) is 10.4 Å². The van der Waals surface area contributed by atoms with Gasteiger partial charge < -0.3 is 5.11 Å². The molecule has 0 spiro atoms. The maximum atomic E-state index is 14.2. The molecule has 0 aliphatic rings. The number of carboxylic acids is 1. The van der Waals surface area contributed by atoms with E-state index in [1.807, 2.05) is 0 Å². The van der Waals surface area contributed by atoms with Crippen LogP contribution in [0.5, 0.6) is 0 Å². The molecular formula is C23H16ClF2NO4S.